The molecule has 2 saturated heterocycles. The maximum absolute atomic E-state index is 12.8. The second-order valence-electron chi connectivity index (χ2n) is 8.21. The van der Waals surface area contributed by atoms with Crippen LogP contribution >= 0.6 is 23.5 Å². The second kappa shape index (κ2) is 10.5. The highest BCUT2D eigenvalue weighted by molar-refractivity contribution is 8.15. The van der Waals surface area contributed by atoms with Gasteiger partial charge in [0.25, 0.3) is 22.3 Å². The molecule has 2 unspecified atom stereocenters. The van der Waals surface area contributed by atoms with Gasteiger partial charge in [-0.15, -0.1) is 0 Å². The summed E-state index contributed by atoms with van der Waals surface area (Å²) in [7, 11) is 0. The standard InChI is InChI=1S/C26H22N4O4S2/c31-23-21(27-19-7-3-1-4-8-19)35-25(33)29(23)15-17-11-13-18(14-12-17)16-30-24(32)22(36-26(30)34)28-20-9-5-2-6-10-20/h1-14,21-22,27-28H,15-16H2. The number of carbonyl (C=O) groups excluding carboxylic acids is 4. The minimum absolute atomic E-state index is 0.151. The molecule has 3 aromatic rings. The molecule has 2 N–H and O–H groups in total. The predicted molar refractivity (Wildman–Crippen MR) is 141 cm³/mol. The smallest absolute Gasteiger partial charge is 0.291 e. The summed E-state index contributed by atoms with van der Waals surface area (Å²) in [5.74, 6) is -0.583. The third-order valence-corrected chi connectivity index (χ3v) is 7.66. The normalized spacial score (nSPS) is 19.8. The lowest BCUT2D eigenvalue weighted by Crippen LogP contribution is -2.34. The average molecular weight is 519 g/mol. The van der Waals surface area contributed by atoms with Gasteiger partial charge in [-0.3, -0.25) is 29.0 Å². The summed E-state index contributed by atoms with van der Waals surface area (Å²) in [4.78, 5) is 52.9. The Bertz CT molecular complexity index is 1190. The van der Waals surface area contributed by atoms with Crippen molar-refractivity contribution in [2.75, 3.05) is 10.6 Å². The zero-order chi connectivity index (χ0) is 25.1. The van der Waals surface area contributed by atoms with Gasteiger partial charge in [-0.2, -0.15) is 0 Å². The van der Waals surface area contributed by atoms with E-state index in [2.05, 4.69) is 10.6 Å². The summed E-state index contributed by atoms with van der Waals surface area (Å²) in [6.45, 7) is 0.302. The number of hydrogen-bond donors (Lipinski definition) is 2. The summed E-state index contributed by atoms with van der Waals surface area (Å²) in [5, 5.41) is 4.23. The maximum atomic E-state index is 12.8. The first-order valence-electron chi connectivity index (χ1n) is 11.2. The number of amides is 4. The van der Waals surface area contributed by atoms with E-state index in [1.807, 2.05) is 60.7 Å². The van der Waals surface area contributed by atoms with Crippen molar-refractivity contribution in [3.05, 3.63) is 96.1 Å². The number of imide groups is 2. The number of nitrogens with zero attached hydrogens (tertiary/aromatic N) is 2. The summed E-state index contributed by atoms with van der Waals surface area (Å²) < 4.78 is 0. The molecule has 36 heavy (non-hydrogen) atoms. The Balaban J connectivity index is 1.18. The molecule has 0 spiro atoms. The van der Waals surface area contributed by atoms with E-state index in [4.69, 9.17) is 0 Å². The number of rotatable bonds is 8. The quantitative estimate of drug-likeness (QED) is 0.432. The molecule has 3 aromatic carbocycles. The molecule has 2 fully saturated rings. The minimum atomic E-state index is -0.665. The van der Waals surface area contributed by atoms with Gasteiger partial charge >= 0.3 is 0 Å². The van der Waals surface area contributed by atoms with Gasteiger partial charge in [-0.1, -0.05) is 60.7 Å². The number of nitrogens with one attached hydrogen (secondary N) is 2. The predicted octanol–water partition coefficient (Wildman–Crippen LogP) is 4.95. The molecular weight excluding hydrogens is 496 g/mol. The molecule has 0 radical (unpaired) electrons. The van der Waals surface area contributed by atoms with E-state index >= 15 is 0 Å². The Kier molecular flexibility index (Phi) is 6.97. The van der Waals surface area contributed by atoms with Crippen LogP contribution in [-0.4, -0.2) is 42.8 Å². The monoisotopic (exact) mass is 518 g/mol. The highest BCUT2D eigenvalue weighted by Gasteiger charge is 2.40. The molecule has 5 rings (SSSR count). The fourth-order valence-corrected chi connectivity index (χ4v) is 5.66. The largest absolute Gasteiger partial charge is 0.365 e. The molecule has 0 saturated carbocycles. The van der Waals surface area contributed by atoms with E-state index in [-0.39, 0.29) is 35.4 Å². The summed E-state index contributed by atoms with van der Waals surface area (Å²) >= 11 is 1.92. The van der Waals surface area contributed by atoms with Crippen molar-refractivity contribution in [2.24, 2.45) is 0 Å². The van der Waals surface area contributed by atoms with Crippen LogP contribution in [0.15, 0.2) is 84.9 Å². The van der Waals surface area contributed by atoms with Crippen LogP contribution in [-0.2, 0) is 22.7 Å². The van der Waals surface area contributed by atoms with Gasteiger partial charge in [0.15, 0.2) is 10.7 Å². The van der Waals surface area contributed by atoms with Crippen molar-refractivity contribution in [2.45, 2.75) is 23.8 Å². The van der Waals surface area contributed by atoms with E-state index in [1.54, 1.807) is 24.3 Å². The molecule has 2 aliphatic heterocycles. The molecule has 10 heteroatoms. The number of thioether (sulfide) groups is 2. The lowest BCUT2D eigenvalue weighted by atomic mass is 10.1. The van der Waals surface area contributed by atoms with Crippen molar-refractivity contribution in [3.8, 4) is 0 Å². The zero-order valence-electron chi connectivity index (χ0n) is 19.0. The van der Waals surface area contributed by atoms with Gasteiger partial charge < -0.3 is 10.6 Å². The Morgan fingerprint density at radius 3 is 1.28 bits per heavy atom. The van der Waals surface area contributed by atoms with E-state index in [0.717, 1.165) is 46.0 Å². The van der Waals surface area contributed by atoms with Crippen molar-refractivity contribution in [3.63, 3.8) is 0 Å². The van der Waals surface area contributed by atoms with Crippen molar-refractivity contribution < 1.29 is 19.2 Å². The molecule has 4 amide bonds. The maximum Gasteiger partial charge on any atom is 0.291 e. The number of carbonyl (C=O) groups is 4. The Morgan fingerprint density at radius 1 is 0.556 bits per heavy atom. The minimum Gasteiger partial charge on any atom is -0.365 e. The first-order valence-corrected chi connectivity index (χ1v) is 13.0. The lowest BCUT2D eigenvalue weighted by molar-refractivity contribution is -0.127. The van der Waals surface area contributed by atoms with Gasteiger partial charge in [0.2, 0.25) is 0 Å². The van der Waals surface area contributed by atoms with Crippen LogP contribution < -0.4 is 10.6 Å². The van der Waals surface area contributed by atoms with Gasteiger partial charge in [0.05, 0.1) is 13.1 Å². The average Bonchev–Trinajstić information content (AvgIpc) is 3.30. The first-order chi connectivity index (χ1) is 17.5. The fourth-order valence-electron chi connectivity index (χ4n) is 3.85. The molecule has 0 aromatic heterocycles. The lowest BCUT2D eigenvalue weighted by Gasteiger charge is -2.17. The summed E-state index contributed by atoms with van der Waals surface area (Å²) in [5.41, 5.74) is 3.09. The van der Waals surface area contributed by atoms with Crippen LogP contribution in [0, 0.1) is 0 Å². The van der Waals surface area contributed by atoms with Gasteiger partial charge in [0, 0.05) is 11.4 Å². The van der Waals surface area contributed by atoms with Crippen molar-refractivity contribution in [1.29, 1.82) is 0 Å². The molecule has 2 aliphatic rings. The van der Waals surface area contributed by atoms with Crippen molar-refractivity contribution in [1.82, 2.24) is 9.80 Å². The topological polar surface area (TPSA) is 98.8 Å². The fraction of sp³-hybridized carbons (Fsp3) is 0.154. The molecule has 182 valence electrons. The highest BCUT2D eigenvalue weighted by atomic mass is 32.2. The summed E-state index contributed by atoms with van der Waals surface area (Å²) in [6, 6.07) is 25.8. The van der Waals surface area contributed by atoms with Gasteiger partial charge in [-0.25, -0.2) is 0 Å². The third-order valence-electron chi connectivity index (χ3n) is 5.71. The van der Waals surface area contributed by atoms with E-state index in [9.17, 15) is 19.2 Å². The number of hydrogen-bond acceptors (Lipinski definition) is 8. The van der Waals surface area contributed by atoms with Crippen LogP contribution in [0.2, 0.25) is 0 Å². The molecule has 0 bridgehead atoms. The van der Waals surface area contributed by atoms with E-state index in [1.165, 1.54) is 9.80 Å². The molecule has 8 nitrogen and oxygen atoms in total. The Labute approximate surface area is 216 Å². The van der Waals surface area contributed by atoms with E-state index < -0.39 is 10.7 Å². The highest BCUT2D eigenvalue weighted by Crippen LogP contribution is 2.31. The van der Waals surface area contributed by atoms with Crippen molar-refractivity contribution >= 4 is 57.2 Å². The third kappa shape index (κ3) is 5.24. The SMILES string of the molecule is O=C1SC(Nc2ccccc2)C(=O)N1Cc1ccc(CN2C(=O)SC(Nc3ccccc3)C2=O)cc1. The number of para-hydroxylation sites is 2. The van der Waals surface area contributed by atoms with Crippen LogP contribution in [0.25, 0.3) is 0 Å². The first kappa shape index (κ1) is 24.0. The Hall–Kier alpha value is -3.76. The second-order valence-corrected chi connectivity index (χ2v) is 10.3. The van der Waals surface area contributed by atoms with Gasteiger partial charge in [0.1, 0.15) is 0 Å². The van der Waals surface area contributed by atoms with Crippen LogP contribution in [0.5, 0.6) is 0 Å². The molecule has 0 aliphatic carbocycles. The number of anilines is 2. The molecular formula is C26H22N4O4S2. The number of benzene rings is 3. The Morgan fingerprint density at radius 2 is 0.917 bits per heavy atom. The molecule has 2 atom stereocenters. The van der Waals surface area contributed by atoms with Gasteiger partial charge in [-0.05, 0) is 58.9 Å². The zero-order valence-corrected chi connectivity index (χ0v) is 20.6. The van der Waals surface area contributed by atoms with Crippen LogP contribution in [0.1, 0.15) is 11.1 Å². The van der Waals surface area contributed by atoms with E-state index in [0.29, 0.717) is 0 Å². The van der Waals surface area contributed by atoms with Crippen LogP contribution in [0.4, 0.5) is 21.0 Å². The summed E-state index contributed by atoms with van der Waals surface area (Å²) in [6.07, 6.45) is 0. The molecule has 2 heterocycles. The van der Waals surface area contributed by atoms with Crippen LogP contribution in [0.3, 0.4) is 0 Å².